The molecule has 2 N–H and O–H groups in total. The largest absolute Gasteiger partial charge is 0.389 e. The Hall–Kier alpha value is 0.160. The number of aromatic nitrogens is 2. The number of nitrogens with zero attached hydrogens (tertiary/aromatic N) is 2. The Labute approximate surface area is 106 Å². The molecule has 84 valence electrons. The number of aliphatic hydroxyl groups excluding tert-OH is 2. The molecular weight excluding hydrogens is 286 g/mol. The minimum atomic E-state index is -1.35. The summed E-state index contributed by atoms with van der Waals surface area (Å²) in [6.45, 7) is 0. The Balaban J connectivity index is 3.13. The highest BCUT2D eigenvalue weighted by atomic mass is 35.5. The van der Waals surface area contributed by atoms with Crippen molar-refractivity contribution in [2.75, 3.05) is 5.88 Å². The van der Waals surface area contributed by atoms with Gasteiger partial charge in [0.1, 0.15) is 16.4 Å². The fourth-order valence-corrected chi connectivity index (χ4v) is 1.95. The Bertz CT molecular complexity index is 340. The Kier molecular flexibility index (Phi) is 4.83. The highest BCUT2D eigenvalue weighted by Crippen LogP contribution is 2.30. The third-order valence-electron chi connectivity index (χ3n) is 1.64. The molecule has 8 heteroatoms. The van der Waals surface area contributed by atoms with E-state index in [2.05, 4.69) is 9.97 Å². The van der Waals surface area contributed by atoms with E-state index in [1.54, 1.807) is 0 Å². The molecule has 0 saturated heterocycles. The van der Waals surface area contributed by atoms with Crippen molar-refractivity contribution in [3.05, 3.63) is 21.2 Å². The first-order valence-corrected chi connectivity index (χ1v) is 5.44. The number of hydrogen-bond donors (Lipinski definition) is 2. The van der Waals surface area contributed by atoms with Crippen LogP contribution in [0.1, 0.15) is 11.7 Å². The molecule has 1 heterocycles. The lowest BCUT2D eigenvalue weighted by atomic mass is 10.1. The molecule has 0 saturated carbocycles. The smallest absolute Gasteiger partial charge is 0.225 e. The summed E-state index contributed by atoms with van der Waals surface area (Å²) in [7, 11) is 0. The van der Waals surface area contributed by atoms with Gasteiger partial charge in [-0.2, -0.15) is 0 Å². The predicted octanol–water partition coefficient (Wildman–Crippen LogP) is 2.07. The monoisotopic (exact) mass is 290 g/mol. The Morgan fingerprint density at radius 3 is 1.93 bits per heavy atom. The summed E-state index contributed by atoms with van der Waals surface area (Å²) >= 11 is 22.2. The van der Waals surface area contributed by atoms with Gasteiger partial charge in [0, 0.05) is 0 Å². The number of halogens is 4. The van der Waals surface area contributed by atoms with Gasteiger partial charge >= 0.3 is 0 Å². The van der Waals surface area contributed by atoms with Crippen LogP contribution in [0.4, 0.5) is 0 Å². The van der Waals surface area contributed by atoms with Gasteiger partial charge in [-0.05, 0) is 11.6 Å². The van der Waals surface area contributed by atoms with E-state index in [-0.39, 0.29) is 27.0 Å². The minimum Gasteiger partial charge on any atom is -0.389 e. The van der Waals surface area contributed by atoms with Crippen LogP contribution in [0.15, 0.2) is 0 Å². The molecule has 0 bridgehead atoms. The molecule has 0 amide bonds. The molecule has 15 heavy (non-hydrogen) atoms. The molecule has 0 radical (unpaired) electrons. The third kappa shape index (κ3) is 3.06. The van der Waals surface area contributed by atoms with Crippen molar-refractivity contribution in [2.24, 2.45) is 0 Å². The van der Waals surface area contributed by atoms with Crippen molar-refractivity contribution in [3.63, 3.8) is 0 Å². The van der Waals surface area contributed by atoms with E-state index in [1.807, 2.05) is 0 Å². The van der Waals surface area contributed by atoms with Gasteiger partial charge in [-0.25, -0.2) is 9.97 Å². The van der Waals surface area contributed by atoms with Gasteiger partial charge < -0.3 is 10.2 Å². The van der Waals surface area contributed by atoms with E-state index in [4.69, 9.17) is 46.4 Å². The van der Waals surface area contributed by atoms with Crippen LogP contribution in [-0.2, 0) is 0 Å². The van der Waals surface area contributed by atoms with Crippen molar-refractivity contribution in [2.45, 2.75) is 12.2 Å². The highest BCUT2D eigenvalue weighted by molar-refractivity contribution is 6.36. The Morgan fingerprint density at radius 2 is 1.53 bits per heavy atom. The first-order chi connectivity index (χ1) is 6.97. The number of alkyl halides is 1. The second-order valence-corrected chi connectivity index (χ2v) is 4.02. The van der Waals surface area contributed by atoms with Crippen LogP contribution in [0.5, 0.6) is 0 Å². The van der Waals surface area contributed by atoms with Crippen LogP contribution in [0.25, 0.3) is 0 Å². The lowest BCUT2D eigenvalue weighted by Crippen LogP contribution is -2.21. The van der Waals surface area contributed by atoms with Crippen molar-refractivity contribution in [1.29, 1.82) is 0 Å². The van der Waals surface area contributed by atoms with Gasteiger partial charge in [0.2, 0.25) is 5.28 Å². The maximum absolute atomic E-state index is 9.62. The van der Waals surface area contributed by atoms with Crippen molar-refractivity contribution in [1.82, 2.24) is 9.97 Å². The van der Waals surface area contributed by atoms with E-state index in [9.17, 15) is 10.2 Å². The van der Waals surface area contributed by atoms with Crippen LogP contribution in [0.3, 0.4) is 0 Å². The van der Waals surface area contributed by atoms with Crippen LogP contribution in [0.2, 0.25) is 15.6 Å². The molecule has 0 aromatic carbocycles. The Morgan fingerprint density at radius 1 is 1.07 bits per heavy atom. The molecule has 0 aliphatic carbocycles. The van der Waals surface area contributed by atoms with Gasteiger partial charge in [0.15, 0.2) is 0 Å². The normalized spacial score (nSPS) is 15.1. The molecule has 2 unspecified atom stereocenters. The van der Waals surface area contributed by atoms with E-state index in [0.717, 1.165) is 0 Å². The average Bonchev–Trinajstić information content (AvgIpc) is 2.14. The fourth-order valence-electron chi connectivity index (χ4n) is 0.913. The zero-order valence-corrected chi connectivity index (χ0v) is 10.2. The van der Waals surface area contributed by atoms with Gasteiger partial charge in [-0.15, -0.1) is 11.6 Å². The van der Waals surface area contributed by atoms with Crippen LogP contribution >= 0.6 is 46.4 Å². The van der Waals surface area contributed by atoms with Gasteiger partial charge in [-0.3, -0.25) is 0 Å². The van der Waals surface area contributed by atoms with E-state index >= 15 is 0 Å². The first kappa shape index (κ1) is 13.2. The predicted molar refractivity (Wildman–Crippen MR) is 58.7 cm³/mol. The van der Waals surface area contributed by atoms with Gasteiger partial charge in [0.05, 0.1) is 17.5 Å². The fraction of sp³-hybridized carbons (Fsp3) is 0.429. The van der Waals surface area contributed by atoms with Crippen molar-refractivity contribution in [3.8, 4) is 0 Å². The number of aliphatic hydroxyl groups is 2. The summed E-state index contributed by atoms with van der Waals surface area (Å²) in [5.74, 6) is -0.170. The molecule has 1 aromatic rings. The summed E-state index contributed by atoms with van der Waals surface area (Å²) in [6.07, 6.45) is -2.55. The molecule has 1 aromatic heterocycles. The molecule has 0 aliphatic heterocycles. The zero-order chi connectivity index (χ0) is 11.6. The summed E-state index contributed by atoms with van der Waals surface area (Å²) in [5.41, 5.74) is 0.0101. The van der Waals surface area contributed by atoms with Crippen LogP contribution in [0, 0.1) is 0 Å². The van der Waals surface area contributed by atoms with Crippen LogP contribution in [-0.4, -0.2) is 32.2 Å². The number of hydrogen-bond acceptors (Lipinski definition) is 4. The van der Waals surface area contributed by atoms with Crippen molar-refractivity contribution < 1.29 is 10.2 Å². The molecule has 4 nitrogen and oxygen atoms in total. The molecule has 0 spiro atoms. The van der Waals surface area contributed by atoms with Crippen LogP contribution < -0.4 is 0 Å². The second kappa shape index (κ2) is 5.48. The topological polar surface area (TPSA) is 66.2 Å². The van der Waals surface area contributed by atoms with E-state index < -0.39 is 12.2 Å². The molecule has 1 rings (SSSR count). The molecular formula is C7H6Cl4N2O2. The lowest BCUT2D eigenvalue weighted by molar-refractivity contribution is 0.0324. The quantitative estimate of drug-likeness (QED) is 0.508. The molecule has 2 atom stereocenters. The summed E-state index contributed by atoms with van der Waals surface area (Å²) < 4.78 is 0. The molecule has 0 fully saturated rings. The first-order valence-electron chi connectivity index (χ1n) is 3.78. The van der Waals surface area contributed by atoms with E-state index in [0.29, 0.717) is 0 Å². The average molecular weight is 292 g/mol. The summed E-state index contributed by atoms with van der Waals surface area (Å²) in [4.78, 5) is 7.19. The lowest BCUT2D eigenvalue weighted by Gasteiger charge is -2.17. The van der Waals surface area contributed by atoms with Crippen molar-refractivity contribution >= 4 is 46.4 Å². The zero-order valence-electron chi connectivity index (χ0n) is 7.16. The maximum atomic E-state index is 9.62. The summed E-state index contributed by atoms with van der Waals surface area (Å²) in [5, 5.41) is 18.6. The highest BCUT2D eigenvalue weighted by Gasteiger charge is 2.25. The minimum absolute atomic E-state index is 0.0101. The van der Waals surface area contributed by atoms with E-state index in [1.165, 1.54) is 0 Å². The number of rotatable bonds is 3. The SMILES string of the molecule is OC(CCl)C(O)c1c(Cl)nc(Cl)nc1Cl. The second-order valence-electron chi connectivity index (χ2n) is 2.65. The third-order valence-corrected chi connectivity index (χ3v) is 2.71. The molecule has 0 aliphatic rings. The van der Waals surface area contributed by atoms with Gasteiger partial charge in [0.25, 0.3) is 0 Å². The standard InChI is InChI=1S/C7H6Cl4N2O2/c8-1-2(14)4(15)3-5(9)12-7(11)13-6(3)10/h2,4,14-15H,1H2. The maximum Gasteiger partial charge on any atom is 0.225 e. The van der Waals surface area contributed by atoms with Gasteiger partial charge in [-0.1, -0.05) is 23.2 Å². The summed E-state index contributed by atoms with van der Waals surface area (Å²) in [6, 6.07) is 0.